The van der Waals surface area contributed by atoms with Crippen molar-refractivity contribution in [1.29, 1.82) is 0 Å². The van der Waals surface area contributed by atoms with E-state index in [2.05, 4.69) is 4.98 Å². The summed E-state index contributed by atoms with van der Waals surface area (Å²) in [6.45, 7) is 0.155. The fraction of sp³-hybridized carbons (Fsp3) is 0.692. The van der Waals surface area contributed by atoms with Gasteiger partial charge in [-0.2, -0.15) is 0 Å². The molecular weight excluding hydrogens is 296 g/mol. The summed E-state index contributed by atoms with van der Waals surface area (Å²) in [6, 6.07) is 1.17. The van der Waals surface area contributed by atoms with Crippen molar-refractivity contribution in [2.45, 2.75) is 43.7 Å². The van der Waals surface area contributed by atoms with Gasteiger partial charge in [0.1, 0.15) is 18.3 Å². The van der Waals surface area contributed by atoms with Gasteiger partial charge < -0.3 is 24.4 Å². The Kier molecular flexibility index (Phi) is 4.41. The van der Waals surface area contributed by atoms with Gasteiger partial charge in [-0.3, -0.25) is 14.3 Å². The van der Waals surface area contributed by atoms with E-state index in [1.807, 2.05) is 0 Å². The normalized spacial score (nSPS) is 35.1. The lowest BCUT2D eigenvalue weighted by Crippen LogP contribution is -2.41. The second-order valence-corrected chi connectivity index (χ2v) is 5.30. The number of H-pyrrole nitrogens is 1. The van der Waals surface area contributed by atoms with Crippen LogP contribution in [0.15, 0.2) is 21.9 Å². The molecule has 2 saturated heterocycles. The minimum Gasteiger partial charge on any atom is -0.394 e. The molecule has 3 heterocycles. The summed E-state index contributed by atoms with van der Waals surface area (Å²) >= 11 is 0. The highest BCUT2D eigenvalue weighted by molar-refractivity contribution is 4.94. The first-order chi connectivity index (χ1) is 10.6. The number of ether oxygens (including phenoxy) is 3. The molecule has 0 bridgehead atoms. The molecule has 0 aliphatic carbocycles. The van der Waals surface area contributed by atoms with Crippen LogP contribution in [0.3, 0.4) is 0 Å². The van der Waals surface area contributed by atoms with E-state index in [1.165, 1.54) is 12.3 Å². The van der Waals surface area contributed by atoms with Gasteiger partial charge >= 0.3 is 5.69 Å². The van der Waals surface area contributed by atoms with Crippen LogP contribution in [0.2, 0.25) is 0 Å². The van der Waals surface area contributed by atoms with Crippen LogP contribution in [0, 0.1) is 0 Å². The predicted molar refractivity (Wildman–Crippen MR) is 72.2 cm³/mol. The molecular formula is C13H18N2O7. The van der Waals surface area contributed by atoms with E-state index in [4.69, 9.17) is 14.2 Å². The summed E-state index contributed by atoms with van der Waals surface area (Å²) in [5.74, 6) is 0. The summed E-state index contributed by atoms with van der Waals surface area (Å²) < 4.78 is 17.7. The molecule has 1 unspecified atom stereocenters. The van der Waals surface area contributed by atoms with Gasteiger partial charge in [0.05, 0.1) is 6.61 Å². The molecule has 3 rings (SSSR count). The standard InChI is InChI=1S/C13H18N2O7/c16-6-7-10(18)11(22-9-2-1-5-20-9)12(21-7)15-4-3-8(17)14-13(15)19/h3-4,7,9-12,16,18H,1-2,5-6H2,(H,14,17,19)/t7-,9?,10-,11-,12+/m1/s1. The summed E-state index contributed by atoms with van der Waals surface area (Å²) in [6.07, 6.45) is -1.52. The maximum atomic E-state index is 11.9. The SMILES string of the molecule is O=c1ccn([C@H]2O[C@H](CO)[C@@H](O)[C@H]2OC2CCCO2)c(=O)[nH]1. The molecule has 0 spiro atoms. The number of nitrogens with zero attached hydrogens (tertiary/aromatic N) is 1. The van der Waals surface area contributed by atoms with Crippen molar-refractivity contribution < 1.29 is 24.4 Å². The van der Waals surface area contributed by atoms with Crippen molar-refractivity contribution in [3.63, 3.8) is 0 Å². The lowest BCUT2D eigenvalue weighted by atomic mass is 10.1. The average Bonchev–Trinajstić information content (AvgIpc) is 3.10. The molecule has 9 nitrogen and oxygen atoms in total. The smallest absolute Gasteiger partial charge is 0.330 e. The number of aliphatic hydroxyl groups is 2. The zero-order chi connectivity index (χ0) is 15.7. The van der Waals surface area contributed by atoms with Gasteiger partial charge in [-0.05, 0) is 6.42 Å². The van der Waals surface area contributed by atoms with Crippen molar-refractivity contribution in [2.24, 2.45) is 0 Å². The number of rotatable bonds is 4. The quantitative estimate of drug-likeness (QED) is 0.606. The van der Waals surface area contributed by atoms with E-state index < -0.39 is 48.7 Å². The minimum atomic E-state index is -1.11. The fourth-order valence-corrected chi connectivity index (χ4v) is 2.70. The van der Waals surface area contributed by atoms with Crippen LogP contribution in [-0.2, 0) is 14.2 Å². The van der Waals surface area contributed by atoms with Crippen molar-refractivity contribution in [2.75, 3.05) is 13.2 Å². The number of hydrogen-bond donors (Lipinski definition) is 3. The van der Waals surface area contributed by atoms with Gasteiger partial charge in [0, 0.05) is 25.3 Å². The van der Waals surface area contributed by atoms with Crippen LogP contribution in [0.4, 0.5) is 0 Å². The Bertz CT molecular complexity index is 621. The molecule has 1 aromatic rings. The summed E-state index contributed by atoms with van der Waals surface area (Å²) in [7, 11) is 0. The second kappa shape index (κ2) is 6.31. The van der Waals surface area contributed by atoms with Gasteiger partial charge in [0.2, 0.25) is 0 Å². The average molecular weight is 314 g/mol. The third kappa shape index (κ3) is 2.85. The molecule has 0 radical (unpaired) electrons. The summed E-state index contributed by atoms with van der Waals surface area (Å²) in [5.41, 5.74) is -1.21. The van der Waals surface area contributed by atoms with E-state index in [9.17, 15) is 19.8 Å². The molecule has 2 aliphatic rings. The molecule has 1 aromatic heterocycles. The van der Waals surface area contributed by atoms with Crippen molar-refractivity contribution in [3.8, 4) is 0 Å². The fourth-order valence-electron chi connectivity index (χ4n) is 2.70. The maximum Gasteiger partial charge on any atom is 0.330 e. The molecule has 2 aliphatic heterocycles. The first kappa shape index (κ1) is 15.4. The lowest BCUT2D eigenvalue weighted by Gasteiger charge is -2.24. The van der Waals surface area contributed by atoms with Gasteiger partial charge in [-0.25, -0.2) is 4.79 Å². The Morgan fingerprint density at radius 1 is 1.45 bits per heavy atom. The van der Waals surface area contributed by atoms with E-state index >= 15 is 0 Å². The Labute approximate surface area is 125 Å². The first-order valence-corrected chi connectivity index (χ1v) is 7.13. The molecule has 3 N–H and O–H groups in total. The van der Waals surface area contributed by atoms with Gasteiger partial charge in [-0.15, -0.1) is 0 Å². The molecule has 9 heteroatoms. The topological polar surface area (TPSA) is 123 Å². The van der Waals surface area contributed by atoms with E-state index in [-0.39, 0.29) is 0 Å². The van der Waals surface area contributed by atoms with Crippen LogP contribution < -0.4 is 11.2 Å². The summed E-state index contributed by atoms with van der Waals surface area (Å²) in [4.78, 5) is 25.2. The Balaban J connectivity index is 1.88. The Morgan fingerprint density at radius 3 is 2.91 bits per heavy atom. The highest BCUT2D eigenvalue weighted by Crippen LogP contribution is 2.32. The summed E-state index contributed by atoms with van der Waals surface area (Å²) in [5, 5.41) is 19.5. The molecule has 0 saturated carbocycles. The monoisotopic (exact) mass is 314 g/mol. The molecule has 122 valence electrons. The van der Waals surface area contributed by atoms with E-state index in [1.54, 1.807) is 0 Å². The maximum absolute atomic E-state index is 11.9. The largest absolute Gasteiger partial charge is 0.394 e. The van der Waals surface area contributed by atoms with Crippen LogP contribution in [0.1, 0.15) is 19.1 Å². The third-order valence-corrected chi connectivity index (χ3v) is 3.81. The first-order valence-electron chi connectivity index (χ1n) is 7.13. The Hall–Kier alpha value is -1.52. The number of aliphatic hydroxyl groups excluding tert-OH is 2. The lowest BCUT2D eigenvalue weighted by molar-refractivity contribution is -0.182. The number of nitrogens with one attached hydrogen (secondary N) is 1. The number of aromatic amines is 1. The van der Waals surface area contributed by atoms with Crippen LogP contribution in [0.25, 0.3) is 0 Å². The number of aromatic nitrogens is 2. The zero-order valence-corrected chi connectivity index (χ0v) is 11.8. The molecule has 0 amide bonds. The van der Waals surface area contributed by atoms with Crippen LogP contribution >= 0.6 is 0 Å². The Morgan fingerprint density at radius 2 is 2.27 bits per heavy atom. The van der Waals surface area contributed by atoms with Gasteiger partial charge in [0.25, 0.3) is 5.56 Å². The molecule has 0 aromatic carbocycles. The van der Waals surface area contributed by atoms with Crippen LogP contribution in [0.5, 0.6) is 0 Å². The molecule has 5 atom stereocenters. The minimum absolute atomic E-state index is 0.416. The molecule has 2 fully saturated rings. The van der Waals surface area contributed by atoms with Gasteiger partial charge in [0.15, 0.2) is 12.5 Å². The van der Waals surface area contributed by atoms with Crippen LogP contribution in [-0.4, -0.2) is 57.6 Å². The van der Waals surface area contributed by atoms with E-state index in [0.29, 0.717) is 13.0 Å². The van der Waals surface area contributed by atoms with Crippen molar-refractivity contribution in [3.05, 3.63) is 33.1 Å². The third-order valence-electron chi connectivity index (χ3n) is 3.81. The van der Waals surface area contributed by atoms with Gasteiger partial charge in [-0.1, -0.05) is 0 Å². The zero-order valence-electron chi connectivity index (χ0n) is 11.8. The van der Waals surface area contributed by atoms with Crippen molar-refractivity contribution >= 4 is 0 Å². The highest BCUT2D eigenvalue weighted by Gasteiger charge is 2.47. The number of hydrogen-bond acceptors (Lipinski definition) is 7. The van der Waals surface area contributed by atoms with E-state index in [0.717, 1.165) is 11.0 Å². The molecule has 22 heavy (non-hydrogen) atoms. The van der Waals surface area contributed by atoms with Crippen molar-refractivity contribution in [1.82, 2.24) is 9.55 Å². The highest BCUT2D eigenvalue weighted by atomic mass is 16.7. The second-order valence-electron chi connectivity index (χ2n) is 5.30. The predicted octanol–water partition coefficient (Wildman–Crippen LogP) is -1.69.